The topological polar surface area (TPSA) is 51.8 Å². The fraction of sp³-hybridized carbons (Fsp3) is 0.385. The second-order valence-corrected chi connectivity index (χ2v) is 3.91. The zero-order valence-corrected chi connectivity index (χ0v) is 10.1. The van der Waals surface area contributed by atoms with Crippen molar-refractivity contribution in [3.63, 3.8) is 0 Å². The third-order valence-electron chi connectivity index (χ3n) is 2.53. The maximum Gasteiger partial charge on any atom is 0.136 e. The van der Waals surface area contributed by atoms with Gasteiger partial charge in [-0.05, 0) is 24.3 Å². The van der Waals surface area contributed by atoms with Gasteiger partial charge in [0, 0.05) is 12.5 Å². The molecule has 1 atom stereocenters. The summed E-state index contributed by atoms with van der Waals surface area (Å²) < 4.78 is 28.4. The van der Waals surface area contributed by atoms with Gasteiger partial charge in [-0.25, -0.2) is 4.39 Å². The summed E-state index contributed by atoms with van der Waals surface area (Å²) in [6, 6.07) is 5.83. The van der Waals surface area contributed by atoms with Gasteiger partial charge in [-0.15, -0.1) is 0 Å². The normalized spacial score (nSPS) is 13.1. The Morgan fingerprint density at radius 2 is 2.17 bits per heavy atom. The number of fused-ring (bicyclic) bond motifs is 1. The van der Waals surface area contributed by atoms with Gasteiger partial charge < -0.3 is 19.0 Å². The molecule has 18 heavy (non-hydrogen) atoms. The highest BCUT2D eigenvalue weighted by molar-refractivity contribution is 5.77. The molecule has 1 aromatic carbocycles. The fourth-order valence-electron chi connectivity index (χ4n) is 1.62. The van der Waals surface area contributed by atoms with Gasteiger partial charge in [-0.1, -0.05) is 0 Å². The highest BCUT2D eigenvalue weighted by atomic mass is 19.1. The Balaban J connectivity index is 2.01. The van der Waals surface area contributed by atoms with Crippen molar-refractivity contribution in [3.8, 4) is 0 Å². The fourth-order valence-corrected chi connectivity index (χ4v) is 1.62. The summed E-state index contributed by atoms with van der Waals surface area (Å²) >= 11 is 0. The molecule has 0 saturated carbocycles. The van der Waals surface area contributed by atoms with Crippen molar-refractivity contribution >= 4 is 11.0 Å². The number of ether oxygens (including phenoxy) is 2. The molecular formula is C13H15FO4. The summed E-state index contributed by atoms with van der Waals surface area (Å²) in [7, 11) is 1.58. The van der Waals surface area contributed by atoms with Gasteiger partial charge in [0.25, 0.3) is 0 Å². The van der Waals surface area contributed by atoms with Gasteiger partial charge in [-0.2, -0.15) is 0 Å². The molecule has 5 heteroatoms. The Kier molecular flexibility index (Phi) is 4.30. The summed E-state index contributed by atoms with van der Waals surface area (Å²) in [5, 5.41) is 10.5. The number of aliphatic hydroxyl groups is 1. The predicted octanol–water partition coefficient (Wildman–Crippen LogP) is 2.27. The molecule has 0 aliphatic carbocycles. The lowest BCUT2D eigenvalue weighted by Crippen LogP contribution is -2.09. The van der Waals surface area contributed by atoms with Crippen LogP contribution in [0.4, 0.5) is 4.39 Å². The lowest BCUT2D eigenvalue weighted by Gasteiger charge is -2.07. The summed E-state index contributed by atoms with van der Waals surface area (Å²) in [6.07, 6.45) is -0.864. The van der Waals surface area contributed by atoms with Crippen LogP contribution >= 0.6 is 0 Å². The molecule has 4 nitrogen and oxygen atoms in total. The second-order valence-electron chi connectivity index (χ2n) is 3.91. The van der Waals surface area contributed by atoms with Crippen LogP contribution in [0.2, 0.25) is 0 Å². The van der Waals surface area contributed by atoms with E-state index in [1.54, 1.807) is 13.2 Å². The van der Waals surface area contributed by atoms with Gasteiger partial charge in [0.1, 0.15) is 23.3 Å². The number of hydrogen-bond donors (Lipinski definition) is 1. The van der Waals surface area contributed by atoms with Crippen LogP contribution in [0.3, 0.4) is 0 Å². The van der Waals surface area contributed by atoms with Crippen molar-refractivity contribution in [1.29, 1.82) is 0 Å². The van der Waals surface area contributed by atoms with Crippen molar-refractivity contribution < 1.29 is 23.4 Å². The molecule has 98 valence electrons. The van der Waals surface area contributed by atoms with Crippen molar-refractivity contribution in [3.05, 3.63) is 35.8 Å². The molecule has 0 fully saturated rings. The molecule has 1 N–H and O–H groups in total. The SMILES string of the molecule is COCCOCC(O)c1cc2cc(F)ccc2o1. The van der Waals surface area contributed by atoms with Crippen LogP contribution < -0.4 is 0 Å². The van der Waals surface area contributed by atoms with E-state index >= 15 is 0 Å². The average molecular weight is 254 g/mol. The van der Waals surface area contributed by atoms with Gasteiger partial charge in [0.2, 0.25) is 0 Å². The maximum atomic E-state index is 13.0. The third-order valence-corrected chi connectivity index (χ3v) is 2.53. The summed E-state index contributed by atoms with van der Waals surface area (Å²) in [5.74, 6) is 0.0358. The molecule has 2 rings (SSSR count). The zero-order chi connectivity index (χ0) is 13.0. The Morgan fingerprint density at radius 1 is 1.33 bits per heavy atom. The second kappa shape index (κ2) is 5.95. The van der Waals surface area contributed by atoms with Crippen LogP contribution in [0.5, 0.6) is 0 Å². The number of rotatable bonds is 6. The summed E-state index contributed by atoms with van der Waals surface area (Å²) in [4.78, 5) is 0. The molecule has 1 unspecified atom stereocenters. The summed E-state index contributed by atoms with van der Waals surface area (Å²) in [6.45, 7) is 0.992. The van der Waals surface area contributed by atoms with E-state index in [1.807, 2.05) is 0 Å². The Hall–Kier alpha value is -1.43. The first-order valence-electron chi connectivity index (χ1n) is 5.64. The average Bonchev–Trinajstić information content (AvgIpc) is 2.77. The third kappa shape index (κ3) is 3.07. The van der Waals surface area contributed by atoms with E-state index in [1.165, 1.54) is 18.2 Å². The molecule has 0 radical (unpaired) electrons. The van der Waals surface area contributed by atoms with Crippen molar-refractivity contribution in [2.24, 2.45) is 0 Å². The highest BCUT2D eigenvalue weighted by Crippen LogP contribution is 2.24. The first-order valence-corrected chi connectivity index (χ1v) is 5.64. The molecule has 1 heterocycles. The molecule has 1 aromatic heterocycles. The van der Waals surface area contributed by atoms with Gasteiger partial charge >= 0.3 is 0 Å². The van der Waals surface area contributed by atoms with Crippen LogP contribution in [0, 0.1) is 5.82 Å². The van der Waals surface area contributed by atoms with E-state index < -0.39 is 6.10 Å². The minimum absolute atomic E-state index is 0.117. The molecule has 2 aromatic rings. The number of furan rings is 1. The number of aliphatic hydroxyl groups excluding tert-OH is 1. The van der Waals surface area contributed by atoms with Crippen LogP contribution in [0.25, 0.3) is 11.0 Å². The Morgan fingerprint density at radius 3 is 2.94 bits per heavy atom. The van der Waals surface area contributed by atoms with Gasteiger partial charge in [-0.3, -0.25) is 0 Å². The summed E-state index contributed by atoms with van der Waals surface area (Å²) in [5.41, 5.74) is 0.544. The first-order chi connectivity index (χ1) is 8.70. The highest BCUT2D eigenvalue weighted by Gasteiger charge is 2.13. The molecule has 0 amide bonds. The van der Waals surface area contributed by atoms with Crippen molar-refractivity contribution in [2.45, 2.75) is 6.10 Å². The number of halogens is 1. The van der Waals surface area contributed by atoms with E-state index in [-0.39, 0.29) is 12.4 Å². The number of benzene rings is 1. The molecule has 0 aliphatic rings. The lowest BCUT2D eigenvalue weighted by molar-refractivity contribution is 0.00524. The van der Waals surface area contributed by atoms with Crippen LogP contribution in [0.15, 0.2) is 28.7 Å². The van der Waals surface area contributed by atoms with E-state index in [0.717, 1.165) is 0 Å². The monoisotopic (exact) mass is 254 g/mol. The van der Waals surface area contributed by atoms with E-state index in [9.17, 15) is 9.50 Å². The van der Waals surface area contributed by atoms with Crippen molar-refractivity contribution in [1.82, 2.24) is 0 Å². The van der Waals surface area contributed by atoms with E-state index in [2.05, 4.69) is 0 Å². The molecule has 0 bridgehead atoms. The van der Waals surface area contributed by atoms with Gasteiger partial charge in [0.15, 0.2) is 0 Å². The molecular weight excluding hydrogens is 239 g/mol. The predicted molar refractivity (Wildman–Crippen MR) is 63.8 cm³/mol. The van der Waals surface area contributed by atoms with E-state index in [4.69, 9.17) is 13.9 Å². The Labute approximate surface area is 104 Å². The molecule has 0 aliphatic heterocycles. The minimum Gasteiger partial charge on any atom is -0.458 e. The smallest absolute Gasteiger partial charge is 0.136 e. The maximum absolute atomic E-state index is 13.0. The zero-order valence-electron chi connectivity index (χ0n) is 10.1. The minimum atomic E-state index is -0.864. The largest absolute Gasteiger partial charge is 0.458 e. The van der Waals surface area contributed by atoms with Crippen molar-refractivity contribution in [2.75, 3.05) is 26.9 Å². The number of methoxy groups -OCH3 is 1. The van der Waals surface area contributed by atoms with Crippen LogP contribution in [0.1, 0.15) is 11.9 Å². The standard InChI is InChI=1S/C13H15FO4/c1-16-4-5-17-8-11(15)13-7-9-6-10(14)2-3-12(9)18-13/h2-3,6-7,11,15H,4-5,8H2,1H3. The first kappa shape index (κ1) is 13.0. The van der Waals surface area contributed by atoms with Gasteiger partial charge in [0.05, 0.1) is 19.8 Å². The Bertz CT molecular complexity index is 509. The van der Waals surface area contributed by atoms with E-state index in [0.29, 0.717) is 29.9 Å². The van der Waals surface area contributed by atoms with Crippen LogP contribution in [-0.2, 0) is 9.47 Å². The lowest BCUT2D eigenvalue weighted by atomic mass is 10.2. The number of hydrogen-bond acceptors (Lipinski definition) is 4. The van der Waals surface area contributed by atoms with Crippen LogP contribution in [-0.4, -0.2) is 32.0 Å². The molecule has 0 saturated heterocycles. The quantitative estimate of drug-likeness (QED) is 0.803. The molecule has 0 spiro atoms.